The zero-order chi connectivity index (χ0) is 13.6. The summed E-state index contributed by atoms with van der Waals surface area (Å²) in [6.07, 6.45) is 1.52. The van der Waals surface area contributed by atoms with Gasteiger partial charge < -0.3 is 20.9 Å². The number of aromatic nitrogens is 2. The lowest BCUT2D eigenvalue weighted by Gasteiger charge is -2.29. The second kappa shape index (κ2) is 6.51. The molecule has 0 aliphatic carbocycles. The standard InChI is InChI=1S/C12H22N4O2/c1-4-12(2,5-6-17)16-10-7-9(13)14-11(15-10)8-18-3/h7,17H,4-6,8H2,1-3H3,(H3,13,14,15,16). The Balaban J connectivity index is 2.88. The van der Waals surface area contributed by atoms with Crippen LogP contribution < -0.4 is 11.1 Å². The third-order valence-corrected chi connectivity index (χ3v) is 2.94. The molecule has 0 fully saturated rings. The van der Waals surface area contributed by atoms with E-state index in [2.05, 4.69) is 22.2 Å². The van der Waals surface area contributed by atoms with Gasteiger partial charge in [-0.3, -0.25) is 0 Å². The van der Waals surface area contributed by atoms with Crippen LogP contribution in [0.3, 0.4) is 0 Å². The summed E-state index contributed by atoms with van der Waals surface area (Å²) in [4.78, 5) is 8.41. The van der Waals surface area contributed by atoms with Crippen LogP contribution in [0.1, 0.15) is 32.5 Å². The van der Waals surface area contributed by atoms with Gasteiger partial charge >= 0.3 is 0 Å². The summed E-state index contributed by atoms with van der Waals surface area (Å²) in [6, 6.07) is 1.68. The molecule has 18 heavy (non-hydrogen) atoms. The molecular weight excluding hydrogens is 232 g/mol. The molecule has 0 aliphatic heterocycles. The number of hydrogen-bond donors (Lipinski definition) is 3. The molecule has 0 radical (unpaired) electrons. The Labute approximate surface area is 108 Å². The predicted molar refractivity (Wildman–Crippen MR) is 71.2 cm³/mol. The van der Waals surface area contributed by atoms with Crippen LogP contribution in [0, 0.1) is 0 Å². The lowest BCUT2D eigenvalue weighted by molar-refractivity contribution is 0.178. The molecule has 1 heterocycles. The van der Waals surface area contributed by atoms with Crippen LogP contribution in [0.25, 0.3) is 0 Å². The smallest absolute Gasteiger partial charge is 0.158 e. The first-order chi connectivity index (χ1) is 8.53. The molecule has 0 saturated carbocycles. The summed E-state index contributed by atoms with van der Waals surface area (Å²) in [5, 5.41) is 12.4. The maximum atomic E-state index is 9.09. The molecule has 1 aromatic heterocycles. The molecule has 0 spiro atoms. The van der Waals surface area contributed by atoms with Crippen molar-refractivity contribution in [1.29, 1.82) is 0 Å². The minimum Gasteiger partial charge on any atom is -0.396 e. The van der Waals surface area contributed by atoms with Crippen LogP contribution in [0.5, 0.6) is 0 Å². The van der Waals surface area contributed by atoms with E-state index in [0.29, 0.717) is 30.5 Å². The minimum absolute atomic E-state index is 0.128. The van der Waals surface area contributed by atoms with Gasteiger partial charge in [-0.05, 0) is 19.8 Å². The Morgan fingerprint density at radius 1 is 1.50 bits per heavy atom. The predicted octanol–water partition coefficient (Wildman–Crippen LogP) is 1.17. The van der Waals surface area contributed by atoms with Crippen molar-refractivity contribution in [3.8, 4) is 0 Å². The molecule has 1 aromatic rings. The van der Waals surface area contributed by atoms with Gasteiger partial charge in [-0.1, -0.05) is 6.92 Å². The number of hydrogen-bond acceptors (Lipinski definition) is 6. The number of rotatable bonds is 7. The first-order valence-corrected chi connectivity index (χ1v) is 6.04. The number of methoxy groups -OCH3 is 1. The summed E-state index contributed by atoms with van der Waals surface area (Å²) in [7, 11) is 1.58. The third kappa shape index (κ3) is 4.12. The first-order valence-electron chi connectivity index (χ1n) is 6.04. The molecule has 1 rings (SSSR count). The van der Waals surface area contributed by atoms with Crippen molar-refractivity contribution in [2.75, 3.05) is 24.8 Å². The number of aliphatic hydroxyl groups excluding tert-OH is 1. The van der Waals surface area contributed by atoms with E-state index in [4.69, 9.17) is 15.6 Å². The van der Waals surface area contributed by atoms with Crippen molar-refractivity contribution in [1.82, 2.24) is 9.97 Å². The third-order valence-electron chi connectivity index (χ3n) is 2.94. The Kier molecular flexibility index (Phi) is 5.30. The van der Waals surface area contributed by atoms with Gasteiger partial charge in [0.2, 0.25) is 0 Å². The molecule has 4 N–H and O–H groups in total. The fraction of sp³-hybridized carbons (Fsp3) is 0.667. The summed E-state index contributed by atoms with van der Waals surface area (Å²) >= 11 is 0. The molecule has 0 amide bonds. The highest BCUT2D eigenvalue weighted by atomic mass is 16.5. The Morgan fingerprint density at radius 2 is 2.22 bits per heavy atom. The van der Waals surface area contributed by atoms with Crippen molar-refractivity contribution < 1.29 is 9.84 Å². The molecule has 6 nitrogen and oxygen atoms in total. The topological polar surface area (TPSA) is 93.3 Å². The van der Waals surface area contributed by atoms with Gasteiger partial charge in [0.25, 0.3) is 0 Å². The molecule has 1 unspecified atom stereocenters. The average Bonchev–Trinajstić information content (AvgIpc) is 2.28. The second-order valence-electron chi connectivity index (χ2n) is 4.54. The lowest BCUT2D eigenvalue weighted by Crippen LogP contribution is -2.35. The number of aliphatic hydroxyl groups is 1. The van der Waals surface area contributed by atoms with Crippen LogP contribution in [0.2, 0.25) is 0 Å². The van der Waals surface area contributed by atoms with E-state index in [-0.39, 0.29) is 12.1 Å². The summed E-state index contributed by atoms with van der Waals surface area (Å²) < 4.78 is 4.99. The molecule has 102 valence electrons. The van der Waals surface area contributed by atoms with Crippen LogP contribution >= 0.6 is 0 Å². The molecule has 0 aromatic carbocycles. The van der Waals surface area contributed by atoms with E-state index in [9.17, 15) is 0 Å². The van der Waals surface area contributed by atoms with Crippen LogP contribution in [0.4, 0.5) is 11.6 Å². The molecule has 6 heteroatoms. The van der Waals surface area contributed by atoms with E-state index in [0.717, 1.165) is 6.42 Å². The Morgan fingerprint density at radius 3 is 2.78 bits per heavy atom. The fourth-order valence-electron chi connectivity index (χ4n) is 1.66. The highest BCUT2D eigenvalue weighted by Crippen LogP contribution is 2.21. The number of nitrogens with one attached hydrogen (secondary N) is 1. The fourth-order valence-corrected chi connectivity index (χ4v) is 1.66. The quantitative estimate of drug-likeness (QED) is 0.676. The van der Waals surface area contributed by atoms with E-state index in [1.165, 1.54) is 0 Å². The SMILES string of the molecule is CCC(C)(CCO)Nc1cc(N)nc(COC)n1. The Bertz CT molecular complexity index is 386. The van der Waals surface area contributed by atoms with E-state index >= 15 is 0 Å². The van der Waals surface area contributed by atoms with Gasteiger partial charge in [-0.25, -0.2) is 9.97 Å². The van der Waals surface area contributed by atoms with Crippen LogP contribution in [-0.4, -0.2) is 34.3 Å². The van der Waals surface area contributed by atoms with Crippen LogP contribution in [-0.2, 0) is 11.3 Å². The monoisotopic (exact) mass is 254 g/mol. The van der Waals surface area contributed by atoms with Crippen molar-refractivity contribution in [2.45, 2.75) is 38.8 Å². The number of anilines is 2. The van der Waals surface area contributed by atoms with Gasteiger partial charge in [0.15, 0.2) is 5.82 Å². The average molecular weight is 254 g/mol. The summed E-state index contributed by atoms with van der Waals surface area (Å²) in [5.41, 5.74) is 5.52. The number of nitrogen functional groups attached to an aromatic ring is 1. The Hall–Kier alpha value is -1.40. The molecule has 1 atom stereocenters. The molecular formula is C12H22N4O2. The van der Waals surface area contributed by atoms with E-state index in [1.54, 1.807) is 13.2 Å². The van der Waals surface area contributed by atoms with E-state index < -0.39 is 0 Å². The van der Waals surface area contributed by atoms with Crippen molar-refractivity contribution in [3.05, 3.63) is 11.9 Å². The minimum atomic E-state index is -0.208. The molecule has 0 aliphatic rings. The van der Waals surface area contributed by atoms with Gasteiger partial charge in [0.1, 0.15) is 18.2 Å². The largest absolute Gasteiger partial charge is 0.396 e. The van der Waals surface area contributed by atoms with Gasteiger partial charge in [0, 0.05) is 25.3 Å². The van der Waals surface area contributed by atoms with E-state index in [1.807, 2.05) is 6.92 Å². The number of nitrogens with two attached hydrogens (primary N) is 1. The molecule has 0 bridgehead atoms. The van der Waals surface area contributed by atoms with Crippen molar-refractivity contribution >= 4 is 11.6 Å². The zero-order valence-electron chi connectivity index (χ0n) is 11.2. The maximum absolute atomic E-state index is 9.09. The summed E-state index contributed by atoms with van der Waals surface area (Å²) in [6.45, 7) is 4.55. The second-order valence-corrected chi connectivity index (χ2v) is 4.54. The highest BCUT2D eigenvalue weighted by Gasteiger charge is 2.21. The van der Waals surface area contributed by atoms with Gasteiger partial charge in [-0.2, -0.15) is 0 Å². The maximum Gasteiger partial charge on any atom is 0.158 e. The van der Waals surface area contributed by atoms with Crippen molar-refractivity contribution in [3.63, 3.8) is 0 Å². The normalized spacial score (nSPS) is 14.2. The number of nitrogens with zero attached hydrogens (tertiary/aromatic N) is 2. The highest BCUT2D eigenvalue weighted by molar-refractivity contribution is 5.46. The zero-order valence-corrected chi connectivity index (χ0v) is 11.2. The molecule has 0 saturated heterocycles. The lowest BCUT2D eigenvalue weighted by atomic mass is 9.95. The van der Waals surface area contributed by atoms with Crippen molar-refractivity contribution in [2.24, 2.45) is 0 Å². The van der Waals surface area contributed by atoms with Crippen LogP contribution in [0.15, 0.2) is 6.07 Å². The van der Waals surface area contributed by atoms with Gasteiger partial charge in [-0.15, -0.1) is 0 Å². The first kappa shape index (κ1) is 14.7. The summed E-state index contributed by atoms with van der Waals surface area (Å²) in [5.74, 6) is 1.61. The number of ether oxygens (including phenoxy) is 1. The van der Waals surface area contributed by atoms with Gasteiger partial charge in [0.05, 0.1) is 0 Å².